The van der Waals surface area contributed by atoms with Crippen molar-refractivity contribution in [2.75, 3.05) is 19.8 Å². The number of nitrogens with one attached hydrogen (secondary N) is 5. The zero-order chi connectivity index (χ0) is 49.5. The molecule has 0 radical (unpaired) electrons. The van der Waals surface area contributed by atoms with Gasteiger partial charge in [0.1, 0.15) is 85.7 Å². The van der Waals surface area contributed by atoms with Crippen molar-refractivity contribution in [1.29, 1.82) is 0 Å². The molecule has 5 heterocycles. The number of rotatable bonds is 9. The van der Waals surface area contributed by atoms with Crippen molar-refractivity contribution in [3.8, 4) is 0 Å². The quantitative estimate of drug-likeness (QED) is 0.0539. The highest BCUT2D eigenvalue weighted by atomic mass is 35.5. The van der Waals surface area contributed by atoms with E-state index in [1.54, 1.807) is 24.8 Å². The van der Waals surface area contributed by atoms with Gasteiger partial charge < -0.3 is 86.1 Å². The van der Waals surface area contributed by atoms with Crippen molar-refractivity contribution in [2.45, 2.75) is 112 Å². The van der Waals surface area contributed by atoms with Gasteiger partial charge in [-0.05, 0) is 17.3 Å². The van der Waals surface area contributed by atoms with E-state index in [4.69, 9.17) is 51.4 Å². The number of aromatic nitrogens is 4. The summed E-state index contributed by atoms with van der Waals surface area (Å²) >= 11 is 5.20. The number of aliphatic hydroxyl groups is 12. The number of halogens is 1. The maximum Gasteiger partial charge on any atom is 0.339 e. The van der Waals surface area contributed by atoms with Crippen LogP contribution in [0.15, 0.2) is 67.8 Å². The summed E-state index contributed by atoms with van der Waals surface area (Å²) in [4.78, 5) is 48.5. The van der Waals surface area contributed by atoms with Crippen molar-refractivity contribution in [3.05, 3.63) is 73.3 Å². The number of imidazole rings is 2. The van der Waals surface area contributed by atoms with Crippen LogP contribution < -0.4 is 26.4 Å². The summed E-state index contributed by atoms with van der Waals surface area (Å²) in [5.41, 5.74) is 4.18. The van der Waals surface area contributed by atoms with E-state index < -0.39 is 124 Å². The van der Waals surface area contributed by atoms with Crippen LogP contribution in [0.1, 0.15) is 19.4 Å². The molecule has 0 bridgehead atoms. The summed E-state index contributed by atoms with van der Waals surface area (Å²) in [6.07, 6.45) is -7.12. The van der Waals surface area contributed by atoms with E-state index in [0.717, 1.165) is 5.56 Å². The van der Waals surface area contributed by atoms with E-state index in [0.29, 0.717) is 0 Å². The molecule has 3 aliphatic rings. The second-order valence-electron chi connectivity index (χ2n) is 13.5. The van der Waals surface area contributed by atoms with Gasteiger partial charge in [0.05, 0.1) is 26.4 Å². The number of nitrogens with zero attached hydrogens (tertiary/aromatic N) is 4. The van der Waals surface area contributed by atoms with Crippen LogP contribution >= 0.6 is 11.8 Å². The highest BCUT2D eigenvalue weighted by molar-refractivity contribution is 6.13. The van der Waals surface area contributed by atoms with Gasteiger partial charge in [0, 0.05) is 24.8 Å². The predicted octanol–water partition coefficient (Wildman–Crippen LogP) is -6.16. The summed E-state index contributed by atoms with van der Waals surface area (Å²) in [6.45, 7) is 2.49. The van der Waals surface area contributed by atoms with Crippen molar-refractivity contribution in [1.82, 2.24) is 45.5 Å². The Bertz CT molecular complexity index is 1740. The fourth-order valence-electron chi connectivity index (χ4n) is 5.72. The Hall–Kier alpha value is -4.58. The molecule has 1 aromatic carbocycles. The number of hydroxylamine groups is 2. The third-order valence-electron chi connectivity index (χ3n) is 9.22. The Morgan fingerprint density at radius 3 is 1.39 bits per heavy atom. The third-order valence-corrected chi connectivity index (χ3v) is 9.47. The summed E-state index contributed by atoms with van der Waals surface area (Å²) < 4.78 is 17.2. The zero-order valence-corrected chi connectivity index (χ0v) is 35.9. The molecule has 3 fully saturated rings. The highest BCUT2D eigenvalue weighted by Gasteiger charge is 2.46. The molecule has 0 saturated carbocycles. The molecule has 0 spiro atoms. The van der Waals surface area contributed by atoms with Crippen LogP contribution in [0.2, 0.25) is 0 Å². The molecule has 2 aromatic heterocycles. The predicted molar refractivity (Wildman–Crippen MR) is 219 cm³/mol. The molecule has 4 amide bonds. The Kier molecular flexibility index (Phi) is 26.1. The van der Waals surface area contributed by atoms with Crippen molar-refractivity contribution in [2.24, 2.45) is 0 Å². The van der Waals surface area contributed by atoms with Crippen molar-refractivity contribution in [3.63, 3.8) is 0 Å². The van der Waals surface area contributed by atoms with E-state index in [9.17, 15) is 60.3 Å². The lowest BCUT2D eigenvalue weighted by Crippen LogP contribution is -2.65. The van der Waals surface area contributed by atoms with Gasteiger partial charge in [0.15, 0.2) is 18.9 Å². The van der Waals surface area contributed by atoms with Gasteiger partial charge in [-0.25, -0.2) is 40.1 Å². The molecule has 3 unspecified atom stereocenters. The average molecular weight is 972 g/mol. The molecule has 15 atom stereocenters. The Balaban J connectivity index is 0.000000308. The topological polar surface area (TPSA) is 447 Å². The molecular weight excluding hydrogens is 914 g/mol. The second-order valence-corrected chi connectivity index (χ2v) is 13.7. The number of aliphatic hydroxyl groups excluding tert-OH is 12. The van der Waals surface area contributed by atoms with Gasteiger partial charge in [0.2, 0.25) is 0 Å². The number of hydrogen-bond donors (Lipinski definition) is 18. The molecule has 30 heteroatoms. The largest absolute Gasteiger partial charge is 0.394 e. The molecule has 66 heavy (non-hydrogen) atoms. The Morgan fingerprint density at radius 2 is 1.03 bits per heavy atom. The SMILES string of the molecule is CC.O=C(NO)N[C@H]1C(O)O[C@H](CO)[C@@H](O)[C@@H]1O.O=C(NOCc1ccccc1)N[C@H]1C(O)O[C@H](CO)[C@@H](O)[C@@H]1O.O=C(n1ccnc1)n1ccnc1.OC[C@H]1OC(O)[C@H](NCl)[C@@H](O)[C@@H]1O. The molecule has 18 N–H and O–H groups in total. The second kappa shape index (κ2) is 29.9. The van der Waals surface area contributed by atoms with Gasteiger partial charge in [-0.1, -0.05) is 44.2 Å². The summed E-state index contributed by atoms with van der Waals surface area (Å²) in [7, 11) is 0. The maximum atomic E-state index is 11.7. The molecule has 0 aliphatic carbocycles. The number of benzene rings is 1. The van der Waals surface area contributed by atoms with Crippen LogP contribution in [-0.2, 0) is 25.7 Å². The molecule has 6 rings (SSSR count). The zero-order valence-electron chi connectivity index (χ0n) is 35.2. The van der Waals surface area contributed by atoms with Crippen molar-refractivity contribution < 1.29 is 99.9 Å². The lowest BCUT2D eigenvalue weighted by molar-refractivity contribution is -0.252. The third kappa shape index (κ3) is 16.9. The fraction of sp³-hybridized carbons (Fsp3) is 0.583. The van der Waals surface area contributed by atoms with E-state index in [1.165, 1.54) is 27.3 Å². The van der Waals surface area contributed by atoms with Crippen molar-refractivity contribution >= 4 is 29.9 Å². The minimum Gasteiger partial charge on any atom is -0.394 e. The van der Waals surface area contributed by atoms with Gasteiger partial charge in [-0.15, -0.1) is 0 Å². The van der Waals surface area contributed by atoms with E-state index >= 15 is 0 Å². The molecule has 3 saturated heterocycles. The Morgan fingerprint density at radius 1 is 0.636 bits per heavy atom. The van der Waals surface area contributed by atoms with Crippen LogP contribution in [0.4, 0.5) is 14.4 Å². The summed E-state index contributed by atoms with van der Waals surface area (Å²) in [5.74, 6) is 0. The fourth-order valence-corrected chi connectivity index (χ4v) is 5.96. The summed E-state index contributed by atoms with van der Waals surface area (Å²) in [6, 6.07) is 3.49. The number of carbonyl (C=O) groups excluding carboxylic acids is 3. The average Bonchev–Trinajstić information content (AvgIpc) is 4.08. The van der Waals surface area contributed by atoms with E-state index in [-0.39, 0.29) is 12.6 Å². The van der Waals surface area contributed by atoms with Gasteiger partial charge >= 0.3 is 18.1 Å². The highest BCUT2D eigenvalue weighted by Crippen LogP contribution is 2.22. The lowest BCUT2D eigenvalue weighted by atomic mass is 9.97. The minimum atomic E-state index is -1.60. The monoisotopic (exact) mass is 971 g/mol. The first-order chi connectivity index (χ1) is 31.5. The van der Waals surface area contributed by atoms with E-state index in [2.05, 4.69) is 25.6 Å². The van der Waals surface area contributed by atoms with Crippen LogP contribution in [-0.4, -0.2) is 215 Å². The molecule has 29 nitrogen and oxygen atoms in total. The van der Waals surface area contributed by atoms with E-state index in [1.807, 2.05) is 49.5 Å². The smallest absolute Gasteiger partial charge is 0.339 e. The number of hydrogen-bond acceptors (Lipinski definition) is 23. The first-order valence-electron chi connectivity index (χ1n) is 19.7. The molecular formula is C36H58ClN9O20. The molecule has 3 aliphatic heterocycles. The van der Waals surface area contributed by atoms with Gasteiger partial charge in [-0.3, -0.25) is 19.2 Å². The van der Waals surface area contributed by atoms with Crippen LogP contribution in [0.3, 0.4) is 0 Å². The van der Waals surface area contributed by atoms with Crippen LogP contribution in [0.25, 0.3) is 0 Å². The molecule has 374 valence electrons. The standard InChI is InChI=1S/C14H20N2O7.C7H6N4O.C7H14N2O7.C6H12ClNO5.C2H6/c17-6-9-11(18)12(19)10(13(20)23-9)15-14(21)16-22-7-8-4-2-1-3-5-8;12-7(10-3-1-8-5-10)11-4-2-9-6-11;10-1-2-4(11)5(12)3(6(13)16-2)8-7(14)9-15;7-8-3-5(11)4(10)2(1-9)13-6(3)12;1-2/h1-5,9-13,17-20H,6-7H2,(H2,15,16,21);1-6H;2-6,10-13,15H,1H2,(H2,8,9,14);2-6,8-12H,1H2;1-2H3/t9-,10-,11-,12-,13?;;2*2-,3-,4-,5-,6?;/m1.11./s1. The van der Waals surface area contributed by atoms with Gasteiger partial charge in [-0.2, -0.15) is 0 Å². The maximum absolute atomic E-state index is 11.7. The number of ether oxygens (including phenoxy) is 3. The van der Waals surface area contributed by atoms with Crippen LogP contribution in [0.5, 0.6) is 0 Å². The van der Waals surface area contributed by atoms with Gasteiger partial charge in [0.25, 0.3) is 0 Å². The first kappa shape index (κ1) is 57.5. The Labute approximate surface area is 380 Å². The number of amides is 4. The first-order valence-corrected chi connectivity index (χ1v) is 20.1. The number of carbonyl (C=O) groups is 3. The summed E-state index contributed by atoms with van der Waals surface area (Å²) in [5, 5.41) is 124. The number of urea groups is 2. The lowest BCUT2D eigenvalue weighted by Gasteiger charge is -2.40. The molecule has 3 aromatic rings. The minimum absolute atomic E-state index is 0.135. The normalized spacial score (nSPS) is 31.2. The van der Waals surface area contributed by atoms with Crippen LogP contribution in [0, 0.1) is 0 Å².